The molecule has 1 saturated heterocycles. The van der Waals surface area contributed by atoms with E-state index in [1.807, 2.05) is 18.9 Å². The molecular weight excluding hydrogens is 372 g/mol. The molecule has 1 aliphatic rings. The molecule has 2 rings (SSSR count). The van der Waals surface area contributed by atoms with Crippen molar-refractivity contribution in [1.29, 1.82) is 0 Å². The maximum atomic E-state index is 9.02. The van der Waals surface area contributed by atoms with Crippen molar-refractivity contribution in [2.24, 2.45) is 0 Å². The second-order valence-corrected chi connectivity index (χ2v) is 9.43. The minimum absolute atomic E-state index is 0.174. The molecule has 0 aromatic heterocycles. The number of epoxide rings is 1. The number of carbonyl (C=O) groups is 1. The van der Waals surface area contributed by atoms with Crippen LogP contribution >= 0.6 is 0 Å². The van der Waals surface area contributed by atoms with Gasteiger partial charge in [0.2, 0.25) is 0 Å². The van der Waals surface area contributed by atoms with Gasteiger partial charge in [0.1, 0.15) is 12.5 Å². The Hall–Kier alpha value is -1.35. The Morgan fingerprint density at radius 2 is 1.23 bits per heavy atom. The van der Waals surface area contributed by atoms with Crippen LogP contribution < -0.4 is 0 Å². The maximum absolute atomic E-state index is 9.02. The number of phenolic OH excluding ortho intramolecular Hbond substituents is 1. The lowest BCUT2D eigenvalue weighted by Gasteiger charge is -2.18. The van der Waals surface area contributed by atoms with Crippen LogP contribution in [-0.2, 0) is 14.9 Å². The van der Waals surface area contributed by atoms with Gasteiger partial charge in [0.05, 0.1) is 12.7 Å². The molecule has 1 atom stereocenters. The Labute approximate surface area is 186 Å². The summed E-state index contributed by atoms with van der Waals surface area (Å²) in [4.78, 5) is 8.00. The van der Waals surface area contributed by atoms with E-state index >= 15 is 0 Å². The minimum atomic E-state index is 0.174. The molecule has 0 radical (unpaired) electrons. The lowest BCUT2D eigenvalue weighted by molar-refractivity contribution is -0.0979. The summed E-state index contributed by atoms with van der Waals surface area (Å²) >= 11 is 0. The fourth-order valence-electron chi connectivity index (χ4n) is 3.41. The van der Waals surface area contributed by atoms with Gasteiger partial charge in [-0.2, -0.15) is 0 Å². The summed E-state index contributed by atoms with van der Waals surface area (Å²) in [5.74, 6) is 0.331. The highest BCUT2D eigenvalue weighted by Crippen LogP contribution is 2.23. The van der Waals surface area contributed by atoms with Gasteiger partial charge >= 0.3 is 0 Å². The average Bonchev–Trinajstić information content (AvgIpc) is 3.55. The molecule has 1 heterocycles. The van der Waals surface area contributed by atoms with Gasteiger partial charge < -0.3 is 14.6 Å². The van der Waals surface area contributed by atoms with Crippen LogP contribution in [0.4, 0.5) is 0 Å². The number of aromatic hydroxyl groups is 1. The topological polar surface area (TPSA) is 49.8 Å². The summed E-state index contributed by atoms with van der Waals surface area (Å²) in [5.41, 5.74) is 1.42. The van der Waals surface area contributed by atoms with Crippen molar-refractivity contribution in [3.05, 3.63) is 29.8 Å². The van der Waals surface area contributed by atoms with Gasteiger partial charge in [0, 0.05) is 0 Å². The summed E-state index contributed by atoms with van der Waals surface area (Å²) in [6, 6.07) is 7.35. The zero-order valence-corrected chi connectivity index (χ0v) is 20.3. The number of ether oxygens (including phenoxy) is 1. The number of unbranched alkanes of at least 4 members (excludes halogenated alkanes) is 11. The van der Waals surface area contributed by atoms with E-state index in [-0.39, 0.29) is 5.41 Å². The van der Waals surface area contributed by atoms with Crippen LogP contribution in [0.25, 0.3) is 0 Å². The molecule has 0 bridgehead atoms. The monoisotopic (exact) mass is 420 g/mol. The number of benzene rings is 1. The molecule has 3 nitrogen and oxygen atoms in total. The molecule has 1 unspecified atom stereocenters. The van der Waals surface area contributed by atoms with Gasteiger partial charge in [-0.1, -0.05) is 117 Å². The number of carbonyl (C=O) groups excluding carboxylic acids is 1. The third-order valence-electron chi connectivity index (χ3n) is 5.52. The largest absolute Gasteiger partial charge is 0.508 e. The average molecular weight is 421 g/mol. The third-order valence-corrected chi connectivity index (χ3v) is 5.52. The molecule has 1 aliphatic heterocycles. The van der Waals surface area contributed by atoms with Crippen molar-refractivity contribution in [2.75, 3.05) is 6.61 Å². The van der Waals surface area contributed by atoms with E-state index in [0.717, 1.165) is 6.61 Å². The van der Waals surface area contributed by atoms with Crippen LogP contribution in [0.15, 0.2) is 24.3 Å². The van der Waals surface area contributed by atoms with Gasteiger partial charge in [-0.3, -0.25) is 0 Å². The predicted octanol–water partition coefficient (Wildman–Crippen LogP) is 7.98. The molecule has 0 amide bonds. The van der Waals surface area contributed by atoms with E-state index < -0.39 is 0 Å². The summed E-state index contributed by atoms with van der Waals surface area (Å²) in [6.45, 7) is 11.8. The Bertz CT molecular complexity index is 486. The first-order chi connectivity index (χ1) is 14.4. The SMILES string of the molecule is C=O.CC(C)(C)c1ccc(O)cc1.CCCCCCCCCCCCCCC1CO1. The third kappa shape index (κ3) is 17.5. The highest BCUT2D eigenvalue weighted by molar-refractivity contribution is 5.29. The molecule has 1 aromatic carbocycles. The van der Waals surface area contributed by atoms with Crippen molar-refractivity contribution < 1.29 is 14.6 Å². The van der Waals surface area contributed by atoms with Gasteiger partial charge in [-0.25, -0.2) is 0 Å². The van der Waals surface area contributed by atoms with Crippen LogP contribution in [0.5, 0.6) is 5.75 Å². The van der Waals surface area contributed by atoms with Crippen LogP contribution in [0.3, 0.4) is 0 Å². The van der Waals surface area contributed by atoms with E-state index in [2.05, 4.69) is 27.7 Å². The lowest BCUT2D eigenvalue weighted by Crippen LogP contribution is -2.10. The predicted molar refractivity (Wildman–Crippen MR) is 129 cm³/mol. The zero-order chi connectivity index (χ0) is 22.7. The Morgan fingerprint density at radius 1 is 0.833 bits per heavy atom. The van der Waals surface area contributed by atoms with Crippen LogP contribution in [0.2, 0.25) is 0 Å². The van der Waals surface area contributed by atoms with Crippen LogP contribution in [0, 0.1) is 0 Å². The molecule has 1 fully saturated rings. The fourth-order valence-corrected chi connectivity index (χ4v) is 3.41. The standard InChI is InChI=1S/C16H32O.C10H14O.CH2O/c1-2-3-4-5-6-7-8-9-10-11-12-13-14-16-15-17-16;1-10(2,3)8-4-6-9(11)7-5-8;1-2/h16H,2-15H2,1H3;4-7,11H,1-3H3;1H2. The van der Waals surface area contributed by atoms with Gasteiger partial charge in [0.15, 0.2) is 0 Å². The molecule has 30 heavy (non-hydrogen) atoms. The van der Waals surface area contributed by atoms with Crippen LogP contribution in [-0.4, -0.2) is 24.6 Å². The van der Waals surface area contributed by atoms with E-state index in [4.69, 9.17) is 14.6 Å². The Balaban J connectivity index is 0.000000557. The summed E-state index contributed by atoms with van der Waals surface area (Å²) in [5, 5.41) is 9.02. The highest BCUT2D eigenvalue weighted by Gasteiger charge is 2.20. The summed E-state index contributed by atoms with van der Waals surface area (Å²) in [7, 11) is 0. The number of rotatable bonds is 13. The van der Waals surface area contributed by atoms with Gasteiger partial charge in [-0.15, -0.1) is 0 Å². The van der Waals surface area contributed by atoms with E-state index in [0.29, 0.717) is 11.9 Å². The first-order valence-electron chi connectivity index (χ1n) is 12.1. The lowest BCUT2D eigenvalue weighted by atomic mass is 9.87. The van der Waals surface area contributed by atoms with Crippen LogP contribution in [0.1, 0.15) is 117 Å². The van der Waals surface area contributed by atoms with Crippen molar-refractivity contribution >= 4 is 6.79 Å². The Morgan fingerprint density at radius 3 is 1.60 bits per heavy atom. The number of phenols is 1. The molecule has 0 aliphatic carbocycles. The van der Waals surface area contributed by atoms with Gasteiger partial charge in [0.25, 0.3) is 0 Å². The number of hydrogen-bond acceptors (Lipinski definition) is 3. The molecule has 1 N–H and O–H groups in total. The van der Waals surface area contributed by atoms with Gasteiger partial charge in [-0.05, 0) is 29.5 Å². The minimum Gasteiger partial charge on any atom is -0.508 e. The molecular formula is C27H48O3. The molecule has 3 heteroatoms. The van der Waals surface area contributed by atoms with E-state index in [1.54, 1.807) is 12.1 Å². The smallest absolute Gasteiger partial charge is 0.115 e. The normalized spacial score (nSPS) is 14.9. The van der Waals surface area contributed by atoms with Crippen molar-refractivity contribution in [1.82, 2.24) is 0 Å². The highest BCUT2D eigenvalue weighted by atomic mass is 16.6. The summed E-state index contributed by atoms with van der Waals surface area (Å²) in [6.07, 6.45) is 19.3. The second-order valence-electron chi connectivity index (χ2n) is 9.43. The molecule has 0 saturated carbocycles. The first-order valence-corrected chi connectivity index (χ1v) is 12.1. The quantitative estimate of drug-likeness (QED) is 0.260. The van der Waals surface area contributed by atoms with E-state index in [9.17, 15) is 0 Å². The summed E-state index contributed by atoms with van der Waals surface area (Å²) < 4.78 is 5.21. The van der Waals surface area contributed by atoms with Crippen molar-refractivity contribution in [3.8, 4) is 5.75 Å². The van der Waals surface area contributed by atoms with Crippen molar-refractivity contribution in [3.63, 3.8) is 0 Å². The number of hydrogen-bond donors (Lipinski definition) is 1. The van der Waals surface area contributed by atoms with E-state index in [1.165, 1.54) is 89.0 Å². The first kappa shape index (κ1) is 28.6. The molecule has 1 aromatic rings. The Kier molecular flexibility index (Phi) is 17.6. The second kappa shape index (κ2) is 18.4. The van der Waals surface area contributed by atoms with Crippen molar-refractivity contribution in [2.45, 2.75) is 123 Å². The molecule has 0 spiro atoms. The fraction of sp³-hybridized carbons (Fsp3) is 0.741. The maximum Gasteiger partial charge on any atom is 0.115 e. The zero-order valence-electron chi connectivity index (χ0n) is 20.3. The molecule has 174 valence electrons.